The van der Waals surface area contributed by atoms with Crippen LogP contribution in [0.15, 0.2) is 48.8 Å². The van der Waals surface area contributed by atoms with Crippen LogP contribution in [0, 0.1) is 5.21 Å². The molecule has 0 unspecified atom stereocenters. The van der Waals surface area contributed by atoms with Crippen LogP contribution >= 0.6 is 0 Å². The number of alkyl halides is 6. The van der Waals surface area contributed by atoms with E-state index >= 15 is 0 Å². The molecule has 146 valence electrons. The summed E-state index contributed by atoms with van der Waals surface area (Å²) in [6.45, 7) is -0.837. The normalized spacial score (nSPS) is 14.5. The first-order valence-corrected chi connectivity index (χ1v) is 7.28. The van der Waals surface area contributed by atoms with E-state index in [1.54, 1.807) is 5.32 Å². The molecule has 1 amide bonds. The van der Waals surface area contributed by atoms with Crippen molar-refractivity contribution in [3.63, 3.8) is 0 Å². The fourth-order valence-corrected chi connectivity index (χ4v) is 2.28. The average molecular weight is 394 g/mol. The fraction of sp³-hybridized carbons (Fsp3) is 0.250. The zero-order valence-electron chi connectivity index (χ0n) is 13.3. The lowest BCUT2D eigenvalue weighted by atomic mass is 9.92. The smallest absolute Gasteiger partial charge is 0.430 e. The van der Waals surface area contributed by atoms with Gasteiger partial charge in [-0.1, -0.05) is 30.3 Å². The molecule has 1 atom stereocenters. The van der Waals surface area contributed by atoms with Gasteiger partial charge in [0.15, 0.2) is 12.4 Å². The Morgan fingerprint density at radius 3 is 2.15 bits per heavy atom. The number of hydrogen-bond donors (Lipinski definition) is 2. The molecule has 0 saturated heterocycles. The second kappa shape index (κ2) is 7.06. The molecule has 1 aromatic heterocycles. The van der Waals surface area contributed by atoms with Crippen LogP contribution in [0.1, 0.15) is 16.7 Å². The molecule has 0 aliphatic heterocycles. The van der Waals surface area contributed by atoms with Crippen LogP contribution in [0.4, 0.5) is 26.3 Å². The van der Waals surface area contributed by atoms with E-state index in [9.17, 15) is 41.5 Å². The number of benzene rings is 1. The van der Waals surface area contributed by atoms with Crippen molar-refractivity contribution >= 4 is 5.91 Å². The third kappa shape index (κ3) is 4.30. The first-order chi connectivity index (χ1) is 12.4. The summed E-state index contributed by atoms with van der Waals surface area (Å²) in [7, 11) is 0. The Labute approximate surface area is 148 Å². The van der Waals surface area contributed by atoms with Crippen LogP contribution in [0.5, 0.6) is 0 Å². The van der Waals surface area contributed by atoms with Crippen LogP contribution in [0.3, 0.4) is 0 Å². The predicted octanol–water partition coefficient (Wildman–Crippen LogP) is 2.41. The molecule has 27 heavy (non-hydrogen) atoms. The van der Waals surface area contributed by atoms with E-state index < -0.39 is 47.1 Å². The maximum Gasteiger partial charge on any atom is 0.430 e. The molecule has 2 aromatic rings. The minimum absolute atomic E-state index is 0.183. The molecule has 0 aliphatic rings. The Morgan fingerprint density at radius 1 is 1.04 bits per heavy atom. The summed E-state index contributed by atoms with van der Waals surface area (Å²) in [6.07, 6.45) is -9.36. The van der Waals surface area contributed by atoms with Crippen LogP contribution in [-0.2, 0) is 23.1 Å². The maximum absolute atomic E-state index is 13.3. The van der Waals surface area contributed by atoms with Gasteiger partial charge in [0.25, 0.3) is 11.5 Å². The summed E-state index contributed by atoms with van der Waals surface area (Å²) < 4.78 is 77.9. The van der Waals surface area contributed by atoms with Crippen LogP contribution in [0.2, 0.25) is 0 Å². The number of carbonyl (C=O) groups excluding carboxylic acids is 1. The fourth-order valence-electron chi connectivity index (χ4n) is 2.28. The van der Waals surface area contributed by atoms with E-state index in [0.29, 0.717) is 12.3 Å². The number of hydrogen-bond acceptors (Lipinski definition) is 3. The number of aromatic nitrogens is 1. The summed E-state index contributed by atoms with van der Waals surface area (Å²) in [5.74, 6) is -1.89. The minimum atomic E-state index is -5.40. The number of nitrogens with one attached hydrogen (secondary N) is 1. The highest BCUT2D eigenvalue weighted by atomic mass is 19.4. The molecule has 1 heterocycles. The number of halogens is 6. The summed E-state index contributed by atoms with van der Waals surface area (Å²) in [5.41, 5.74) is -6.41. The van der Waals surface area contributed by atoms with Gasteiger partial charge in [0.1, 0.15) is 5.56 Å². The van der Waals surface area contributed by atoms with Crippen LogP contribution in [0.25, 0.3) is 0 Å². The molecule has 0 fully saturated rings. The lowest BCUT2D eigenvalue weighted by molar-refractivity contribution is -0.607. The highest BCUT2D eigenvalue weighted by molar-refractivity contribution is 5.87. The van der Waals surface area contributed by atoms with Gasteiger partial charge in [-0.05, 0) is 6.07 Å². The first kappa shape index (κ1) is 20.5. The zero-order valence-corrected chi connectivity index (χ0v) is 13.3. The molecular weight excluding hydrogens is 382 g/mol. The Bertz CT molecular complexity index is 823. The first-order valence-electron chi connectivity index (χ1n) is 7.28. The number of nitrogens with zero attached hydrogens (tertiary/aromatic N) is 1. The van der Waals surface area contributed by atoms with Crippen molar-refractivity contribution in [1.29, 1.82) is 0 Å². The van der Waals surface area contributed by atoms with Crippen molar-refractivity contribution in [1.82, 2.24) is 5.32 Å². The van der Waals surface area contributed by atoms with Gasteiger partial charge in [-0.3, -0.25) is 4.79 Å². The quantitative estimate of drug-likeness (QED) is 0.475. The third-order valence-corrected chi connectivity index (χ3v) is 3.61. The van der Waals surface area contributed by atoms with Crippen molar-refractivity contribution in [2.75, 3.05) is 0 Å². The Morgan fingerprint density at radius 2 is 1.63 bits per heavy atom. The van der Waals surface area contributed by atoms with Crippen molar-refractivity contribution in [3.05, 3.63) is 70.7 Å². The Hall–Kier alpha value is -2.82. The lowest BCUT2D eigenvalue weighted by Crippen LogP contribution is -2.54. The van der Waals surface area contributed by atoms with E-state index in [2.05, 4.69) is 0 Å². The van der Waals surface area contributed by atoms with Gasteiger partial charge in [-0.15, -0.1) is 0 Å². The van der Waals surface area contributed by atoms with E-state index in [4.69, 9.17) is 0 Å². The highest BCUT2D eigenvalue weighted by Crippen LogP contribution is 2.39. The van der Waals surface area contributed by atoms with Crippen LogP contribution < -0.4 is 10.0 Å². The SMILES string of the molecule is O=C(NCc1cc(C(F)(F)F)c[n+]([O-])c1)[C@](O)(c1ccccc1)C(F)(F)F. The van der Waals surface area contributed by atoms with Gasteiger partial charge < -0.3 is 15.6 Å². The molecule has 11 heteroatoms. The topological polar surface area (TPSA) is 76.3 Å². The highest BCUT2D eigenvalue weighted by Gasteiger charge is 2.60. The summed E-state index contributed by atoms with van der Waals surface area (Å²) >= 11 is 0. The standard InChI is InChI=1S/C16H12F6N2O3/c17-15(18,19)12-6-10(8-24(27)9-12)7-23-13(25)14(26,16(20,21)22)11-4-2-1-3-5-11/h1-6,8-9,26H,7H2,(H,23,25)/t14-/m1/s1. The number of pyridine rings is 1. The zero-order chi connectivity index (χ0) is 20.5. The second-order valence-corrected chi connectivity index (χ2v) is 5.55. The van der Waals surface area contributed by atoms with Crippen LogP contribution in [-0.4, -0.2) is 17.2 Å². The van der Waals surface area contributed by atoms with Gasteiger partial charge >= 0.3 is 12.4 Å². The third-order valence-electron chi connectivity index (χ3n) is 3.61. The van der Waals surface area contributed by atoms with Gasteiger partial charge in [-0.2, -0.15) is 31.1 Å². The van der Waals surface area contributed by atoms with Crippen molar-refractivity contribution in [2.24, 2.45) is 0 Å². The Kier molecular flexibility index (Phi) is 5.36. The van der Waals surface area contributed by atoms with E-state index in [-0.39, 0.29) is 10.9 Å². The van der Waals surface area contributed by atoms with Crippen molar-refractivity contribution in [2.45, 2.75) is 24.5 Å². The number of aliphatic hydroxyl groups is 1. The molecule has 1 aromatic carbocycles. The Balaban J connectivity index is 2.29. The largest absolute Gasteiger partial charge is 0.619 e. The number of amides is 1. The molecule has 2 N–H and O–H groups in total. The second-order valence-electron chi connectivity index (χ2n) is 5.55. The average Bonchev–Trinajstić information content (AvgIpc) is 2.57. The molecule has 0 bridgehead atoms. The number of carbonyl (C=O) groups is 1. The van der Waals surface area contributed by atoms with Gasteiger partial charge in [0.05, 0.1) is 0 Å². The summed E-state index contributed by atoms with van der Waals surface area (Å²) in [6, 6.07) is 5.97. The molecule has 0 spiro atoms. The number of rotatable bonds is 4. The van der Waals surface area contributed by atoms with E-state index in [1.807, 2.05) is 0 Å². The molecule has 0 aliphatic carbocycles. The van der Waals surface area contributed by atoms with E-state index in [0.717, 1.165) is 12.1 Å². The molecule has 0 radical (unpaired) electrons. The van der Waals surface area contributed by atoms with Gasteiger partial charge in [0, 0.05) is 17.7 Å². The minimum Gasteiger partial charge on any atom is -0.619 e. The van der Waals surface area contributed by atoms with Gasteiger partial charge in [-0.25, -0.2) is 0 Å². The molecule has 2 rings (SSSR count). The van der Waals surface area contributed by atoms with Crippen molar-refractivity contribution < 1.29 is 41.0 Å². The lowest BCUT2D eigenvalue weighted by Gasteiger charge is -2.29. The summed E-state index contributed by atoms with van der Waals surface area (Å²) in [5, 5.41) is 23.0. The van der Waals surface area contributed by atoms with E-state index in [1.165, 1.54) is 18.2 Å². The van der Waals surface area contributed by atoms with Crippen molar-refractivity contribution in [3.8, 4) is 0 Å². The molecule has 5 nitrogen and oxygen atoms in total. The van der Waals surface area contributed by atoms with Gasteiger partial charge in [0.2, 0.25) is 0 Å². The molecular formula is C16H12F6N2O3. The molecule has 0 saturated carbocycles. The maximum atomic E-state index is 13.3. The summed E-state index contributed by atoms with van der Waals surface area (Å²) in [4.78, 5) is 12.1. The predicted molar refractivity (Wildman–Crippen MR) is 78.6 cm³/mol. The monoisotopic (exact) mass is 394 g/mol.